The standard InChI is InChI=1S/C23H23N3O3/c1-15-10-16(2)12-20(11-15)25-23(28)24-19-6-5-17-7-8-26(14-18(17)13-19)22(27)21-4-3-9-29-21/h3-6,9-13H,7-8,14H2,1-2H3,(H2,24,25,28). The topological polar surface area (TPSA) is 74.6 Å². The summed E-state index contributed by atoms with van der Waals surface area (Å²) in [6, 6.07) is 14.8. The molecule has 0 atom stereocenters. The first-order valence-electron chi connectivity index (χ1n) is 9.59. The number of benzene rings is 2. The summed E-state index contributed by atoms with van der Waals surface area (Å²) in [5, 5.41) is 5.75. The van der Waals surface area contributed by atoms with Gasteiger partial charge in [-0.1, -0.05) is 12.1 Å². The van der Waals surface area contributed by atoms with Crippen LogP contribution in [0.1, 0.15) is 32.8 Å². The molecule has 0 unspecified atom stereocenters. The Morgan fingerprint density at radius 2 is 1.69 bits per heavy atom. The molecule has 3 aromatic rings. The number of hydrogen-bond acceptors (Lipinski definition) is 3. The number of carbonyl (C=O) groups is 2. The Bertz CT molecular complexity index is 1040. The van der Waals surface area contributed by atoms with Gasteiger partial charge in [-0.25, -0.2) is 4.79 Å². The van der Waals surface area contributed by atoms with Gasteiger partial charge in [0.25, 0.3) is 5.91 Å². The zero-order valence-corrected chi connectivity index (χ0v) is 16.5. The average Bonchev–Trinajstić information content (AvgIpc) is 3.20. The first-order valence-corrected chi connectivity index (χ1v) is 9.59. The Labute approximate surface area is 169 Å². The van der Waals surface area contributed by atoms with E-state index in [-0.39, 0.29) is 11.9 Å². The maximum Gasteiger partial charge on any atom is 0.323 e. The Morgan fingerprint density at radius 3 is 2.41 bits per heavy atom. The van der Waals surface area contributed by atoms with Crippen LogP contribution in [-0.4, -0.2) is 23.4 Å². The summed E-state index contributed by atoms with van der Waals surface area (Å²) in [4.78, 5) is 26.7. The van der Waals surface area contributed by atoms with E-state index in [4.69, 9.17) is 4.42 Å². The van der Waals surface area contributed by atoms with E-state index in [0.29, 0.717) is 24.5 Å². The number of nitrogens with zero attached hydrogens (tertiary/aromatic N) is 1. The summed E-state index contributed by atoms with van der Waals surface area (Å²) in [7, 11) is 0. The molecule has 2 N–H and O–H groups in total. The van der Waals surface area contributed by atoms with Crippen LogP contribution in [0, 0.1) is 13.8 Å². The van der Waals surface area contributed by atoms with Gasteiger partial charge in [-0.2, -0.15) is 0 Å². The molecule has 0 spiro atoms. The van der Waals surface area contributed by atoms with E-state index in [0.717, 1.165) is 28.8 Å². The minimum absolute atomic E-state index is 0.119. The van der Waals surface area contributed by atoms with Crippen LogP contribution in [0.4, 0.5) is 16.2 Å². The lowest BCUT2D eigenvalue weighted by Gasteiger charge is -2.28. The largest absolute Gasteiger partial charge is 0.459 e. The quantitative estimate of drug-likeness (QED) is 0.679. The van der Waals surface area contributed by atoms with Crippen molar-refractivity contribution in [2.45, 2.75) is 26.8 Å². The zero-order chi connectivity index (χ0) is 20.4. The van der Waals surface area contributed by atoms with Crippen LogP contribution in [0.2, 0.25) is 0 Å². The second kappa shape index (κ2) is 7.83. The maximum absolute atomic E-state index is 12.5. The molecule has 2 aromatic carbocycles. The molecule has 6 nitrogen and oxygen atoms in total. The van der Waals surface area contributed by atoms with E-state index in [2.05, 4.69) is 16.7 Å². The first-order chi connectivity index (χ1) is 14.0. The van der Waals surface area contributed by atoms with Crippen molar-refractivity contribution >= 4 is 23.3 Å². The van der Waals surface area contributed by atoms with Gasteiger partial charge in [0, 0.05) is 24.5 Å². The summed E-state index contributed by atoms with van der Waals surface area (Å²) >= 11 is 0. The van der Waals surface area contributed by atoms with Crippen molar-refractivity contribution < 1.29 is 14.0 Å². The van der Waals surface area contributed by atoms with Gasteiger partial charge in [0.1, 0.15) is 0 Å². The van der Waals surface area contributed by atoms with Gasteiger partial charge in [-0.05, 0) is 78.9 Å². The molecule has 29 heavy (non-hydrogen) atoms. The SMILES string of the molecule is Cc1cc(C)cc(NC(=O)Nc2ccc3c(c2)CN(C(=O)c2ccco2)CC3)c1. The van der Waals surface area contributed by atoms with Gasteiger partial charge in [-0.3, -0.25) is 4.79 Å². The molecule has 0 saturated heterocycles. The number of rotatable bonds is 3. The monoisotopic (exact) mass is 389 g/mol. The van der Waals surface area contributed by atoms with Crippen LogP contribution in [0.15, 0.2) is 59.2 Å². The van der Waals surface area contributed by atoms with Crippen molar-refractivity contribution in [1.82, 2.24) is 4.90 Å². The van der Waals surface area contributed by atoms with E-state index < -0.39 is 0 Å². The van der Waals surface area contributed by atoms with Gasteiger partial charge in [-0.15, -0.1) is 0 Å². The maximum atomic E-state index is 12.5. The van der Waals surface area contributed by atoms with Gasteiger partial charge < -0.3 is 20.0 Å². The average molecular weight is 389 g/mol. The molecule has 1 aliphatic rings. The van der Waals surface area contributed by atoms with Crippen molar-refractivity contribution in [3.8, 4) is 0 Å². The van der Waals surface area contributed by atoms with Crippen molar-refractivity contribution in [3.63, 3.8) is 0 Å². The van der Waals surface area contributed by atoms with Crippen LogP contribution in [0.5, 0.6) is 0 Å². The van der Waals surface area contributed by atoms with Crippen LogP contribution in [0.3, 0.4) is 0 Å². The molecular weight excluding hydrogens is 366 g/mol. The molecule has 0 fully saturated rings. The smallest absolute Gasteiger partial charge is 0.323 e. The van der Waals surface area contributed by atoms with Crippen molar-refractivity contribution in [3.05, 3.63) is 82.8 Å². The molecule has 1 aromatic heterocycles. The first kappa shape index (κ1) is 18.8. The minimum Gasteiger partial charge on any atom is -0.459 e. The summed E-state index contributed by atoms with van der Waals surface area (Å²) in [6.07, 6.45) is 2.28. The number of nitrogens with one attached hydrogen (secondary N) is 2. The number of anilines is 2. The number of amides is 3. The fourth-order valence-electron chi connectivity index (χ4n) is 3.70. The molecule has 2 heterocycles. The lowest BCUT2D eigenvalue weighted by atomic mass is 9.99. The number of hydrogen-bond donors (Lipinski definition) is 2. The summed E-state index contributed by atoms with van der Waals surface area (Å²) < 4.78 is 5.23. The third kappa shape index (κ3) is 4.32. The highest BCUT2D eigenvalue weighted by atomic mass is 16.3. The minimum atomic E-state index is -0.297. The predicted molar refractivity (Wildman–Crippen MR) is 112 cm³/mol. The number of fused-ring (bicyclic) bond motifs is 1. The molecular formula is C23H23N3O3. The molecule has 4 rings (SSSR count). The molecule has 0 aliphatic carbocycles. The van der Waals surface area contributed by atoms with E-state index in [1.54, 1.807) is 17.0 Å². The van der Waals surface area contributed by atoms with E-state index in [1.165, 1.54) is 11.8 Å². The van der Waals surface area contributed by atoms with Crippen LogP contribution >= 0.6 is 0 Å². The molecule has 0 bridgehead atoms. The van der Waals surface area contributed by atoms with E-state index in [9.17, 15) is 9.59 Å². The van der Waals surface area contributed by atoms with Gasteiger partial charge in [0.2, 0.25) is 0 Å². The molecule has 6 heteroatoms. The van der Waals surface area contributed by atoms with Crippen LogP contribution in [0.25, 0.3) is 0 Å². The third-order valence-electron chi connectivity index (χ3n) is 4.98. The highest BCUT2D eigenvalue weighted by Gasteiger charge is 2.23. The summed E-state index contributed by atoms with van der Waals surface area (Å²) in [5.74, 6) is 0.224. The summed E-state index contributed by atoms with van der Waals surface area (Å²) in [5.41, 5.74) is 5.85. The fourth-order valence-corrected chi connectivity index (χ4v) is 3.70. The van der Waals surface area contributed by atoms with E-state index >= 15 is 0 Å². The number of furan rings is 1. The van der Waals surface area contributed by atoms with Gasteiger partial charge in [0.15, 0.2) is 5.76 Å². The molecule has 148 valence electrons. The number of aryl methyl sites for hydroxylation is 2. The van der Waals surface area contributed by atoms with Crippen molar-refractivity contribution in [1.29, 1.82) is 0 Å². The Kier molecular flexibility index (Phi) is 5.08. The molecule has 0 radical (unpaired) electrons. The Balaban J connectivity index is 1.44. The lowest BCUT2D eigenvalue weighted by Crippen LogP contribution is -2.35. The third-order valence-corrected chi connectivity index (χ3v) is 4.98. The van der Waals surface area contributed by atoms with Crippen LogP contribution in [-0.2, 0) is 13.0 Å². The molecule has 0 saturated carbocycles. The lowest BCUT2D eigenvalue weighted by molar-refractivity contribution is 0.0702. The molecule has 1 aliphatic heterocycles. The fraction of sp³-hybridized carbons (Fsp3) is 0.217. The molecule has 3 amide bonds. The van der Waals surface area contributed by atoms with Gasteiger partial charge >= 0.3 is 6.03 Å². The van der Waals surface area contributed by atoms with Crippen LogP contribution < -0.4 is 10.6 Å². The van der Waals surface area contributed by atoms with Gasteiger partial charge in [0.05, 0.1) is 6.26 Å². The normalized spacial score (nSPS) is 13.0. The predicted octanol–water partition coefficient (Wildman–Crippen LogP) is 4.74. The number of carbonyl (C=O) groups excluding carboxylic acids is 2. The van der Waals surface area contributed by atoms with Crippen molar-refractivity contribution in [2.24, 2.45) is 0 Å². The highest BCUT2D eigenvalue weighted by Crippen LogP contribution is 2.24. The van der Waals surface area contributed by atoms with Crippen molar-refractivity contribution in [2.75, 3.05) is 17.2 Å². The Hall–Kier alpha value is -3.54. The Morgan fingerprint density at radius 1 is 0.931 bits per heavy atom. The second-order valence-electron chi connectivity index (χ2n) is 7.39. The zero-order valence-electron chi connectivity index (χ0n) is 16.5. The second-order valence-corrected chi connectivity index (χ2v) is 7.39. The number of urea groups is 1. The highest BCUT2D eigenvalue weighted by molar-refractivity contribution is 6.00. The summed E-state index contributed by atoms with van der Waals surface area (Å²) in [6.45, 7) is 5.13. The van der Waals surface area contributed by atoms with E-state index in [1.807, 2.05) is 44.2 Å².